The van der Waals surface area contributed by atoms with Crippen LogP contribution in [0.15, 0.2) is 0 Å². The lowest BCUT2D eigenvalue weighted by molar-refractivity contribution is -0.0223. The average Bonchev–Trinajstić information content (AvgIpc) is 2.68. The number of rotatable bonds is 24. The summed E-state index contributed by atoms with van der Waals surface area (Å²) in [5, 5.41) is 8.58. The molecule has 0 amide bonds. The smallest absolute Gasteiger partial charge is 0.0701 e. The van der Waals surface area contributed by atoms with Gasteiger partial charge in [-0.15, -0.1) is 0 Å². The molecule has 0 heterocycles. The molecule has 0 aromatic heterocycles. The molecule has 0 aliphatic carbocycles. The van der Waals surface area contributed by atoms with Crippen molar-refractivity contribution >= 4 is 0 Å². The van der Waals surface area contributed by atoms with Gasteiger partial charge in [0.05, 0.1) is 92.5 Å². The second kappa shape index (κ2) is 25.6. The van der Waals surface area contributed by atoms with E-state index in [0.717, 1.165) is 0 Å². The highest BCUT2D eigenvalue weighted by atomic mass is 16.6. The van der Waals surface area contributed by atoms with Crippen molar-refractivity contribution in [2.75, 3.05) is 113 Å². The summed E-state index contributed by atoms with van der Waals surface area (Å²) in [6, 6.07) is 0. The molecule has 0 bridgehead atoms. The molecule has 0 saturated heterocycles. The standard InChI is InChI=1S/C18H38O9/c1-20-5-6-22-9-10-24-13-14-26-17-18-27-16-15-25-12-11-23-8-7-21-4-2-3-19/h19H,2-18H2,1H3. The van der Waals surface area contributed by atoms with Gasteiger partial charge in [-0.3, -0.25) is 0 Å². The van der Waals surface area contributed by atoms with E-state index in [1.165, 1.54) is 0 Å². The van der Waals surface area contributed by atoms with Crippen LogP contribution in [0, 0.1) is 0 Å². The Bertz CT molecular complexity index is 233. The third-order valence-corrected chi connectivity index (χ3v) is 3.11. The van der Waals surface area contributed by atoms with E-state index in [1.807, 2.05) is 0 Å². The van der Waals surface area contributed by atoms with E-state index in [0.29, 0.717) is 106 Å². The normalized spacial score (nSPS) is 11.3. The van der Waals surface area contributed by atoms with Crippen LogP contribution in [0.1, 0.15) is 6.42 Å². The predicted molar refractivity (Wildman–Crippen MR) is 99.3 cm³/mol. The molecule has 0 aliphatic rings. The Balaban J connectivity index is 2.95. The highest BCUT2D eigenvalue weighted by molar-refractivity contribution is 4.37. The van der Waals surface area contributed by atoms with Crippen molar-refractivity contribution in [1.29, 1.82) is 0 Å². The summed E-state index contributed by atoms with van der Waals surface area (Å²) in [6.45, 7) is 8.38. The Kier molecular flexibility index (Phi) is 25.3. The van der Waals surface area contributed by atoms with Crippen molar-refractivity contribution in [1.82, 2.24) is 0 Å². The van der Waals surface area contributed by atoms with E-state index in [-0.39, 0.29) is 6.61 Å². The molecule has 0 unspecified atom stereocenters. The molecule has 0 aromatic rings. The summed E-state index contributed by atoms with van der Waals surface area (Å²) in [6.07, 6.45) is 0.660. The fourth-order valence-electron chi connectivity index (χ4n) is 1.73. The van der Waals surface area contributed by atoms with Gasteiger partial charge in [0.1, 0.15) is 0 Å². The van der Waals surface area contributed by atoms with Gasteiger partial charge in [0.2, 0.25) is 0 Å². The third-order valence-electron chi connectivity index (χ3n) is 3.11. The molecule has 0 atom stereocenters. The van der Waals surface area contributed by atoms with Crippen molar-refractivity contribution in [3.8, 4) is 0 Å². The van der Waals surface area contributed by atoms with E-state index in [2.05, 4.69) is 0 Å². The molecule has 0 fully saturated rings. The van der Waals surface area contributed by atoms with Crippen molar-refractivity contribution in [3.63, 3.8) is 0 Å². The molecule has 9 heteroatoms. The topological polar surface area (TPSA) is 94.1 Å². The Morgan fingerprint density at radius 1 is 0.407 bits per heavy atom. The molecular weight excluding hydrogens is 360 g/mol. The molecule has 1 N–H and O–H groups in total. The lowest BCUT2D eigenvalue weighted by atomic mass is 10.5. The lowest BCUT2D eigenvalue weighted by Gasteiger charge is -2.08. The number of hydrogen-bond acceptors (Lipinski definition) is 9. The number of aliphatic hydroxyl groups is 1. The summed E-state index contributed by atoms with van der Waals surface area (Å²) in [7, 11) is 1.64. The maximum absolute atomic E-state index is 8.58. The largest absolute Gasteiger partial charge is 0.396 e. The summed E-state index contributed by atoms with van der Waals surface area (Å²) in [4.78, 5) is 0. The van der Waals surface area contributed by atoms with Crippen LogP contribution in [0.4, 0.5) is 0 Å². The molecule has 164 valence electrons. The van der Waals surface area contributed by atoms with Gasteiger partial charge in [0.15, 0.2) is 0 Å². The lowest BCUT2D eigenvalue weighted by Crippen LogP contribution is -2.14. The van der Waals surface area contributed by atoms with Crippen molar-refractivity contribution in [2.24, 2.45) is 0 Å². The highest BCUT2D eigenvalue weighted by Crippen LogP contribution is 1.86. The molecule has 0 spiro atoms. The van der Waals surface area contributed by atoms with Crippen LogP contribution in [0.5, 0.6) is 0 Å². The molecule has 0 rings (SSSR count). The Morgan fingerprint density at radius 2 is 0.667 bits per heavy atom. The van der Waals surface area contributed by atoms with E-state index in [9.17, 15) is 0 Å². The first kappa shape index (κ1) is 26.6. The highest BCUT2D eigenvalue weighted by Gasteiger charge is 1.94. The third kappa shape index (κ3) is 25.6. The van der Waals surface area contributed by atoms with E-state index in [1.54, 1.807) is 7.11 Å². The molecule has 27 heavy (non-hydrogen) atoms. The Labute approximate surface area is 163 Å². The number of aliphatic hydroxyl groups excluding tert-OH is 1. The van der Waals surface area contributed by atoms with Gasteiger partial charge >= 0.3 is 0 Å². The second-order valence-corrected chi connectivity index (χ2v) is 5.36. The number of ether oxygens (including phenoxy) is 8. The van der Waals surface area contributed by atoms with Gasteiger partial charge in [-0.2, -0.15) is 0 Å². The molecule has 0 aromatic carbocycles. The zero-order valence-electron chi connectivity index (χ0n) is 16.7. The van der Waals surface area contributed by atoms with Crippen LogP contribution in [-0.4, -0.2) is 118 Å². The maximum atomic E-state index is 8.58. The predicted octanol–water partition coefficient (Wildman–Crippen LogP) is 0.131. The zero-order chi connectivity index (χ0) is 19.7. The van der Waals surface area contributed by atoms with Crippen LogP contribution < -0.4 is 0 Å². The fraction of sp³-hybridized carbons (Fsp3) is 1.00. The van der Waals surface area contributed by atoms with Gasteiger partial charge in [-0.05, 0) is 6.42 Å². The average molecular weight is 398 g/mol. The Hall–Kier alpha value is -0.360. The van der Waals surface area contributed by atoms with Crippen LogP contribution in [0.3, 0.4) is 0 Å². The molecular formula is C18H38O9. The van der Waals surface area contributed by atoms with Crippen molar-refractivity contribution in [3.05, 3.63) is 0 Å². The molecule has 9 nitrogen and oxygen atoms in total. The summed E-state index contributed by atoms with van der Waals surface area (Å²) in [5.74, 6) is 0. The van der Waals surface area contributed by atoms with E-state index >= 15 is 0 Å². The summed E-state index contributed by atoms with van der Waals surface area (Å²) in [5.41, 5.74) is 0. The van der Waals surface area contributed by atoms with E-state index < -0.39 is 0 Å². The van der Waals surface area contributed by atoms with Gasteiger partial charge in [0, 0.05) is 20.3 Å². The van der Waals surface area contributed by atoms with Gasteiger partial charge in [-0.1, -0.05) is 0 Å². The van der Waals surface area contributed by atoms with Crippen molar-refractivity contribution < 1.29 is 43.0 Å². The second-order valence-electron chi connectivity index (χ2n) is 5.36. The summed E-state index contributed by atoms with van der Waals surface area (Å²) >= 11 is 0. The van der Waals surface area contributed by atoms with Gasteiger partial charge < -0.3 is 43.0 Å². The van der Waals surface area contributed by atoms with Crippen LogP contribution in [0.25, 0.3) is 0 Å². The molecule has 0 aliphatic heterocycles. The monoisotopic (exact) mass is 398 g/mol. The van der Waals surface area contributed by atoms with Crippen molar-refractivity contribution in [2.45, 2.75) is 6.42 Å². The minimum Gasteiger partial charge on any atom is -0.396 e. The van der Waals surface area contributed by atoms with Crippen LogP contribution >= 0.6 is 0 Å². The SMILES string of the molecule is COCCOCCOCCOCCOCCOCCOCCOCCCO. The first-order valence-electron chi connectivity index (χ1n) is 9.55. The number of methoxy groups -OCH3 is 1. The molecule has 0 saturated carbocycles. The number of hydrogen-bond donors (Lipinski definition) is 1. The van der Waals surface area contributed by atoms with Crippen LogP contribution in [0.2, 0.25) is 0 Å². The Morgan fingerprint density at radius 3 is 0.926 bits per heavy atom. The zero-order valence-corrected chi connectivity index (χ0v) is 16.7. The first-order chi connectivity index (χ1) is 13.4. The minimum atomic E-state index is 0.156. The minimum absolute atomic E-state index is 0.156. The van der Waals surface area contributed by atoms with Crippen LogP contribution in [-0.2, 0) is 37.9 Å². The quantitative estimate of drug-likeness (QED) is 0.228. The van der Waals surface area contributed by atoms with E-state index in [4.69, 9.17) is 43.0 Å². The first-order valence-corrected chi connectivity index (χ1v) is 9.55. The summed E-state index contributed by atoms with van der Waals surface area (Å²) < 4.78 is 42.2. The maximum Gasteiger partial charge on any atom is 0.0701 e. The van der Waals surface area contributed by atoms with Gasteiger partial charge in [0.25, 0.3) is 0 Å². The molecule has 0 radical (unpaired) electrons. The fourth-order valence-corrected chi connectivity index (χ4v) is 1.73. The van der Waals surface area contributed by atoms with Gasteiger partial charge in [-0.25, -0.2) is 0 Å².